The van der Waals surface area contributed by atoms with Gasteiger partial charge in [-0.2, -0.15) is 5.10 Å². The number of para-hydroxylation sites is 1. The van der Waals surface area contributed by atoms with Crippen LogP contribution >= 0.6 is 0 Å². The number of H-pyrrole nitrogens is 1. The quantitative estimate of drug-likeness (QED) is 0.525. The van der Waals surface area contributed by atoms with Crippen molar-refractivity contribution >= 4 is 16.7 Å². The molecule has 0 unspecified atom stereocenters. The Morgan fingerprint density at radius 1 is 1.10 bits per heavy atom. The molecule has 0 aliphatic carbocycles. The van der Waals surface area contributed by atoms with Crippen molar-refractivity contribution in [2.45, 2.75) is 18.9 Å². The summed E-state index contributed by atoms with van der Waals surface area (Å²) in [5, 5.41) is 7.28. The monoisotopic (exact) mass is 415 g/mol. The van der Waals surface area contributed by atoms with Gasteiger partial charge in [0.05, 0.1) is 5.39 Å². The zero-order valence-electron chi connectivity index (χ0n) is 17.4. The normalized spacial score (nSPS) is 17.1. The van der Waals surface area contributed by atoms with E-state index in [1.54, 1.807) is 0 Å². The first-order chi connectivity index (χ1) is 15.1. The van der Waals surface area contributed by atoms with Gasteiger partial charge in [0.25, 0.3) is 5.56 Å². The van der Waals surface area contributed by atoms with Crippen molar-refractivity contribution in [3.8, 4) is 22.6 Å². The summed E-state index contributed by atoms with van der Waals surface area (Å²) in [7, 11) is 2.12. The fraction of sp³-hybridized carbons (Fsp3) is 0.250. The number of fused-ring (bicyclic) bond motifs is 1. The van der Waals surface area contributed by atoms with Crippen molar-refractivity contribution in [3.63, 3.8) is 0 Å². The summed E-state index contributed by atoms with van der Waals surface area (Å²) in [5.41, 5.74) is 8.48. The Kier molecular flexibility index (Phi) is 4.95. The van der Waals surface area contributed by atoms with E-state index in [2.05, 4.69) is 32.9 Å². The molecule has 2 aromatic carbocycles. The number of aromatic nitrogens is 3. The van der Waals surface area contributed by atoms with E-state index >= 15 is 0 Å². The van der Waals surface area contributed by atoms with Crippen molar-refractivity contribution in [2.24, 2.45) is 0 Å². The van der Waals surface area contributed by atoms with Gasteiger partial charge in [0.2, 0.25) is 0 Å². The zero-order chi connectivity index (χ0) is 21.4. The minimum absolute atomic E-state index is 0.215. The molecule has 158 valence electrons. The molecule has 1 atom stereocenters. The first-order valence-electron chi connectivity index (χ1n) is 10.5. The largest absolute Gasteiger partial charge is 0.457 e. The number of likely N-dealkylation sites (tertiary alicyclic amines) is 1. The van der Waals surface area contributed by atoms with Crippen LogP contribution in [0.25, 0.3) is 22.0 Å². The van der Waals surface area contributed by atoms with Crippen molar-refractivity contribution in [2.75, 3.05) is 25.9 Å². The van der Waals surface area contributed by atoms with Gasteiger partial charge >= 0.3 is 0 Å². The molecule has 3 heterocycles. The van der Waals surface area contributed by atoms with Crippen molar-refractivity contribution in [3.05, 3.63) is 71.1 Å². The van der Waals surface area contributed by atoms with Crippen LogP contribution in [0.4, 0.5) is 5.82 Å². The highest BCUT2D eigenvalue weighted by molar-refractivity contribution is 6.02. The van der Waals surface area contributed by atoms with Gasteiger partial charge in [-0.3, -0.25) is 4.79 Å². The summed E-state index contributed by atoms with van der Waals surface area (Å²) in [6, 6.07) is 17.7. The van der Waals surface area contributed by atoms with Crippen LogP contribution in [0.2, 0.25) is 0 Å². The van der Waals surface area contributed by atoms with Gasteiger partial charge in [-0.15, -0.1) is 0 Å². The van der Waals surface area contributed by atoms with E-state index < -0.39 is 0 Å². The van der Waals surface area contributed by atoms with E-state index in [1.807, 2.05) is 54.6 Å². The summed E-state index contributed by atoms with van der Waals surface area (Å²) in [4.78, 5) is 15.0. The Balaban J connectivity index is 1.57. The summed E-state index contributed by atoms with van der Waals surface area (Å²) in [5.74, 6) is 1.86. The first kappa shape index (κ1) is 19.4. The van der Waals surface area contributed by atoms with Crippen molar-refractivity contribution < 1.29 is 4.74 Å². The van der Waals surface area contributed by atoms with Crippen LogP contribution in [0.15, 0.2) is 65.6 Å². The average Bonchev–Trinajstić information content (AvgIpc) is 3.20. The topological polar surface area (TPSA) is 89.2 Å². The van der Waals surface area contributed by atoms with E-state index in [0.717, 1.165) is 48.6 Å². The Morgan fingerprint density at radius 2 is 1.84 bits per heavy atom. The predicted molar refractivity (Wildman–Crippen MR) is 122 cm³/mol. The highest BCUT2D eigenvalue weighted by atomic mass is 16.5. The molecule has 7 nitrogen and oxygen atoms in total. The van der Waals surface area contributed by atoms with Gasteiger partial charge < -0.3 is 19.9 Å². The van der Waals surface area contributed by atoms with E-state index in [9.17, 15) is 4.79 Å². The SMILES string of the molecule is CN1CCC[C@@H](n2cc(-c3ccc(Oc4ccccc4)cc3)c3c(N)n[nH]c(=O)c32)C1. The number of anilines is 1. The number of benzene rings is 2. The molecule has 0 amide bonds. The molecule has 7 heteroatoms. The first-order valence-corrected chi connectivity index (χ1v) is 10.5. The molecule has 0 spiro atoms. The second-order valence-corrected chi connectivity index (χ2v) is 8.11. The van der Waals surface area contributed by atoms with E-state index in [0.29, 0.717) is 16.7 Å². The van der Waals surface area contributed by atoms with Gasteiger partial charge in [-0.1, -0.05) is 30.3 Å². The number of rotatable bonds is 4. The van der Waals surface area contributed by atoms with Gasteiger partial charge in [0, 0.05) is 24.3 Å². The number of nitrogens with one attached hydrogen (secondary N) is 1. The number of nitrogen functional groups attached to an aromatic ring is 1. The molecule has 1 fully saturated rings. The van der Waals surface area contributed by atoms with Crippen LogP contribution < -0.4 is 16.0 Å². The van der Waals surface area contributed by atoms with Gasteiger partial charge in [-0.05, 0) is 56.3 Å². The van der Waals surface area contributed by atoms with E-state index in [-0.39, 0.29) is 11.6 Å². The summed E-state index contributed by atoms with van der Waals surface area (Å²) >= 11 is 0. The molecule has 1 aliphatic rings. The van der Waals surface area contributed by atoms with Crippen LogP contribution in [0.1, 0.15) is 18.9 Å². The third kappa shape index (κ3) is 3.68. The third-order valence-corrected chi connectivity index (χ3v) is 5.92. The summed E-state index contributed by atoms with van der Waals surface area (Å²) in [6.07, 6.45) is 4.17. The highest BCUT2D eigenvalue weighted by Gasteiger charge is 2.24. The molecule has 4 aromatic rings. The van der Waals surface area contributed by atoms with Gasteiger partial charge in [-0.25, -0.2) is 5.10 Å². The second kappa shape index (κ2) is 7.92. The predicted octanol–water partition coefficient (Wildman–Crippen LogP) is 4.03. The molecule has 0 saturated carbocycles. The minimum Gasteiger partial charge on any atom is -0.457 e. The van der Waals surface area contributed by atoms with Crippen molar-refractivity contribution in [1.29, 1.82) is 0 Å². The smallest absolute Gasteiger partial charge is 0.288 e. The number of hydrogen-bond donors (Lipinski definition) is 2. The van der Waals surface area contributed by atoms with Crippen LogP contribution in [0.3, 0.4) is 0 Å². The minimum atomic E-state index is -0.215. The Bertz CT molecular complexity index is 1260. The number of nitrogens with two attached hydrogens (primary N) is 1. The van der Waals surface area contributed by atoms with Gasteiger partial charge in [0.1, 0.15) is 17.0 Å². The molecule has 31 heavy (non-hydrogen) atoms. The number of ether oxygens (including phenoxy) is 1. The molecule has 5 rings (SSSR count). The van der Waals surface area contributed by atoms with Crippen LogP contribution in [0.5, 0.6) is 11.5 Å². The number of hydrogen-bond acceptors (Lipinski definition) is 5. The van der Waals surface area contributed by atoms with E-state index in [4.69, 9.17) is 10.5 Å². The molecular weight excluding hydrogens is 390 g/mol. The summed E-state index contributed by atoms with van der Waals surface area (Å²) < 4.78 is 8.00. The lowest BCUT2D eigenvalue weighted by atomic mass is 10.1. The molecule has 2 aromatic heterocycles. The lowest BCUT2D eigenvalue weighted by molar-refractivity contribution is 0.215. The average molecular weight is 415 g/mol. The Morgan fingerprint density at radius 3 is 2.58 bits per heavy atom. The van der Waals surface area contributed by atoms with Crippen LogP contribution in [0, 0.1) is 0 Å². The Hall–Kier alpha value is -3.58. The fourth-order valence-corrected chi connectivity index (χ4v) is 4.44. The van der Waals surface area contributed by atoms with E-state index in [1.165, 1.54) is 0 Å². The molecule has 1 saturated heterocycles. The number of likely N-dealkylation sites (N-methyl/N-ethyl adjacent to an activating group) is 1. The molecule has 3 N–H and O–H groups in total. The molecule has 1 aliphatic heterocycles. The maximum Gasteiger partial charge on any atom is 0.288 e. The maximum absolute atomic E-state index is 12.7. The molecule has 0 bridgehead atoms. The van der Waals surface area contributed by atoms with Crippen LogP contribution in [-0.2, 0) is 0 Å². The lowest BCUT2D eigenvalue weighted by Gasteiger charge is -2.31. The van der Waals surface area contributed by atoms with Gasteiger partial charge in [0.15, 0.2) is 5.82 Å². The molecule has 0 radical (unpaired) electrons. The highest BCUT2D eigenvalue weighted by Crippen LogP contribution is 2.36. The second-order valence-electron chi connectivity index (χ2n) is 8.11. The number of aromatic amines is 1. The Labute approximate surface area is 180 Å². The van der Waals surface area contributed by atoms with Crippen LogP contribution in [-0.4, -0.2) is 39.8 Å². The zero-order valence-corrected chi connectivity index (χ0v) is 17.4. The summed E-state index contributed by atoms with van der Waals surface area (Å²) in [6.45, 7) is 1.97. The number of nitrogens with zero attached hydrogens (tertiary/aromatic N) is 3. The fourth-order valence-electron chi connectivity index (χ4n) is 4.44. The third-order valence-electron chi connectivity index (χ3n) is 5.92. The number of piperidine rings is 1. The lowest BCUT2D eigenvalue weighted by Crippen LogP contribution is -2.34. The molecular formula is C24H25N5O2. The standard InChI is InChI=1S/C24H25N5O2/c1-28-13-5-6-17(14-28)29-15-20(21-22(29)24(30)27-26-23(21)25)16-9-11-19(12-10-16)31-18-7-3-2-4-8-18/h2-4,7-12,15,17H,5-6,13-14H2,1H3,(H2,25,26)(H,27,30)/t17-/m1/s1. The van der Waals surface area contributed by atoms with Crippen molar-refractivity contribution in [1.82, 2.24) is 19.7 Å². The maximum atomic E-state index is 12.7.